The summed E-state index contributed by atoms with van der Waals surface area (Å²) in [5.41, 5.74) is 7.56. The van der Waals surface area contributed by atoms with Gasteiger partial charge in [0, 0.05) is 19.6 Å². The van der Waals surface area contributed by atoms with Crippen molar-refractivity contribution in [2.24, 2.45) is 40.9 Å². The molecule has 4 aliphatic rings. The molecular formula is C25H42N2NiO3. The van der Waals surface area contributed by atoms with Crippen LogP contribution in [0.2, 0.25) is 0 Å². The van der Waals surface area contributed by atoms with E-state index in [2.05, 4.69) is 12.2 Å². The number of hydrogen-bond acceptors (Lipinski definition) is 3. The SMILES string of the molecule is COCC([NH-])C[N-]CC(=O)C1CCC2C3CCC4C[C@](C)(O)CCC4C3CC[C@]12C.[Ni+2]. The predicted octanol–water partition coefficient (Wildman–Crippen LogP) is 5.01. The van der Waals surface area contributed by atoms with Crippen LogP contribution in [0.5, 0.6) is 0 Å². The molecular weight excluding hydrogens is 435 g/mol. The van der Waals surface area contributed by atoms with Gasteiger partial charge < -0.3 is 25.7 Å². The topological polar surface area (TPSA) is 84.4 Å². The molecule has 0 aromatic rings. The first-order valence-electron chi connectivity index (χ1n) is 12.3. The summed E-state index contributed by atoms with van der Waals surface area (Å²) in [7, 11) is 1.60. The number of aliphatic hydroxyl groups is 1. The molecule has 4 aliphatic carbocycles. The molecule has 2 N–H and O–H groups in total. The van der Waals surface area contributed by atoms with Crippen molar-refractivity contribution in [3.8, 4) is 0 Å². The molecule has 0 aromatic carbocycles. The molecule has 0 bridgehead atoms. The van der Waals surface area contributed by atoms with Gasteiger partial charge in [0.05, 0.1) is 5.60 Å². The second-order valence-electron chi connectivity index (χ2n) is 11.5. The van der Waals surface area contributed by atoms with Gasteiger partial charge in [-0.05, 0) is 99.7 Å². The maximum atomic E-state index is 13.1. The van der Waals surface area contributed by atoms with Crippen LogP contribution < -0.4 is 0 Å². The van der Waals surface area contributed by atoms with E-state index in [0.29, 0.717) is 30.8 Å². The number of ether oxygens (including phenoxy) is 1. The van der Waals surface area contributed by atoms with Gasteiger partial charge in [0.15, 0.2) is 0 Å². The third kappa shape index (κ3) is 5.09. The Kier molecular flexibility index (Phi) is 8.34. The van der Waals surface area contributed by atoms with Gasteiger partial charge >= 0.3 is 16.5 Å². The fourth-order valence-corrected chi connectivity index (χ4v) is 8.31. The van der Waals surface area contributed by atoms with Gasteiger partial charge in [0.2, 0.25) is 0 Å². The number of fused-ring (bicyclic) bond motifs is 5. The minimum atomic E-state index is -0.452. The van der Waals surface area contributed by atoms with E-state index in [-0.39, 0.29) is 40.4 Å². The predicted molar refractivity (Wildman–Crippen MR) is 119 cm³/mol. The molecule has 0 saturated heterocycles. The Hall–Kier alpha value is 0.00351. The summed E-state index contributed by atoms with van der Waals surface area (Å²) in [5.74, 6) is 4.26. The number of rotatable bonds is 7. The largest absolute Gasteiger partial charge is 2.00 e. The van der Waals surface area contributed by atoms with Crippen LogP contribution in [0.1, 0.15) is 71.6 Å². The van der Waals surface area contributed by atoms with Crippen LogP contribution in [0.3, 0.4) is 0 Å². The normalized spacial score (nSPS) is 45.1. The van der Waals surface area contributed by atoms with Crippen molar-refractivity contribution in [1.82, 2.24) is 0 Å². The number of carbonyl (C=O) groups is 1. The molecule has 31 heavy (non-hydrogen) atoms. The van der Waals surface area contributed by atoms with Crippen molar-refractivity contribution in [3.63, 3.8) is 0 Å². The molecule has 7 unspecified atom stereocenters. The van der Waals surface area contributed by atoms with Gasteiger partial charge in [0.25, 0.3) is 0 Å². The van der Waals surface area contributed by atoms with E-state index >= 15 is 0 Å². The molecule has 0 spiro atoms. The van der Waals surface area contributed by atoms with Crippen molar-refractivity contribution >= 4 is 5.78 Å². The van der Waals surface area contributed by atoms with Gasteiger partial charge in [-0.2, -0.15) is 6.54 Å². The van der Waals surface area contributed by atoms with Gasteiger partial charge in [0.1, 0.15) is 5.78 Å². The van der Waals surface area contributed by atoms with Crippen molar-refractivity contribution < 1.29 is 31.1 Å². The summed E-state index contributed by atoms with van der Waals surface area (Å²) < 4.78 is 5.00. The molecule has 4 fully saturated rings. The third-order valence-electron chi connectivity index (χ3n) is 9.61. The van der Waals surface area contributed by atoms with Crippen molar-refractivity contribution in [2.45, 2.75) is 83.3 Å². The molecule has 4 rings (SSSR count). The van der Waals surface area contributed by atoms with Crippen LogP contribution >= 0.6 is 0 Å². The zero-order valence-electron chi connectivity index (χ0n) is 19.6. The monoisotopic (exact) mass is 476 g/mol. The van der Waals surface area contributed by atoms with Gasteiger partial charge in [-0.3, -0.25) is 0 Å². The first-order chi connectivity index (χ1) is 14.2. The van der Waals surface area contributed by atoms with Gasteiger partial charge in [-0.1, -0.05) is 13.5 Å². The number of carbonyl (C=O) groups excluding carboxylic acids is 1. The summed E-state index contributed by atoms with van der Waals surface area (Å²) in [6, 6.07) is -0.364. The molecule has 5 nitrogen and oxygen atoms in total. The Morgan fingerprint density at radius 1 is 1.10 bits per heavy atom. The van der Waals surface area contributed by atoms with E-state index in [0.717, 1.165) is 37.0 Å². The second kappa shape index (κ2) is 10.1. The maximum absolute atomic E-state index is 13.1. The number of hydrogen-bond donors (Lipinski definition) is 1. The minimum absolute atomic E-state index is 0. The smallest absolute Gasteiger partial charge is 0.674 e. The van der Waals surface area contributed by atoms with E-state index in [1.165, 1.54) is 38.5 Å². The fourth-order valence-electron chi connectivity index (χ4n) is 8.31. The molecule has 0 aromatic heterocycles. The standard InChI is InChI=1S/C25H42N2O3.Ni/c1-24(29)10-8-18-16(12-24)4-5-20-19(18)9-11-25(2)21(20)6-7-22(25)23(28)14-27-13-17(26)15-30-3;/h16-22,26,29H,4-15H2,1-3H3;/q-2;+2/t16?,17?,18?,19?,20?,21?,22?,24-,25+;/m1./s1. The van der Waals surface area contributed by atoms with Crippen LogP contribution in [0.25, 0.3) is 11.1 Å². The molecule has 0 heterocycles. The van der Waals surface area contributed by atoms with Crippen LogP contribution in [0.15, 0.2) is 0 Å². The first kappa shape index (κ1) is 25.6. The van der Waals surface area contributed by atoms with Crippen molar-refractivity contribution in [3.05, 3.63) is 11.1 Å². The van der Waals surface area contributed by atoms with Crippen LogP contribution in [-0.4, -0.2) is 49.3 Å². The van der Waals surface area contributed by atoms with Crippen molar-refractivity contribution in [1.29, 1.82) is 0 Å². The van der Waals surface area contributed by atoms with Crippen LogP contribution in [0, 0.1) is 40.9 Å². The molecule has 0 aliphatic heterocycles. The number of nitrogens with one attached hydrogen (secondary N) is 1. The Balaban J connectivity index is 0.00000272. The molecule has 6 heteroatoms. The zero-order chi connectivity index (χ0) is 21.5. The van der Waals surface area contributed by atoms with Crippen molar-refractivity contribution in [2.75, 3.05) is 26.8 Å². The summed E-state index contributed by atoms with van der Waals surface area (Å²) in [4.78, 5) is 13.1. The van der Waals surface area contributed by atoms with E-state index in [1.807, 2.05) is 6.92 Å². The Labute approximate surface area is 198 Å². The first-order valence-corrected chi connectivity index (χ1v) is 12.3. The second-order valence-corrected chi connectivity index (χ2v) is 11.5. The van der Waals surface area contributed by atoms with Crippen LogP contribution in [-0.2, 0) is 26.0 Å². The average molecular weight is 477 g/mol. The zero-order valence-corrected chi connectivity index (χ0v) is 20.5. The Morgan fingerprint density at radius 2 is 1.84 bits per heavy atom. The fraction of sp³-hybridized carbons (Fsp3) is 0.960. The average Bonchev–Trinajstić information content (AvgIpc) is 3.04. The minimum Gasteiger partial charge on any atom is -0.674 e. The maximum Gasteiger partial charge on any atom is 2.00 e. The molecule has 0 radical (unpaired) electrons. The third-order valence-corrected chi connectivity index (χ3v) is 9.61. The number of nitrogens with zero attached hydrogens (tertiary/aromatic N) is 1. The summed E-state index contributed by atoms with van der Waals surface area (Å²) in [6.45, 7) is 5.48. The Bertz CT molecular complexity index is 630. The quantitative estimate of drug-likeness (QED) is 0.523. The van der Waals surface area contributed by atoms with Gasteiger partial charge in [-0.25, -0.2) is 0 Å². The molecule has 4 saturated carbocycles. The van der Waals surface area contributed by atoms with Gasteiger partial charge in [-0.15, -0.1) is 6.04 Å². The number of methoxy groups -OCH3 is 1. The molecule has 180 valence electrons. The van der Waals surface area contributed by atoms with E-state index in [1.54, 1.807) is 7.11 Å². The van der Waals surface area contributed by atoms with E-state index in [9.17, 15) is 9.90 Å². The number of Topliss-reactive ketones (excluding diaryl/α,β-unsaturated/α-hetero) is 1. The summed E-state index contributed by atoms with van der Waals surface area (Å²) in [5, 5.41) is 15.0. The summed E-state index contributed by atoms with van der Waals surface area (Å²) in [6.07, 6.45) is 10.4. The number of ketones is 1. The van der Waals surface area contributed by atoms with Crippen LogP contribution in [0.4, 0.5) is 0 Å². The van der Waals surface area contributed by atoms with E-state index in [4.69, 9.17) is 10.5 Å². The Morgan fingerprint density at radius 3 is 2.58 bits per heavy atom. The summed E-state index contributed by atoms with van der Waals surface area (Å²) >= 11 is 0. The van der Waals surface area contributed by atoms with E-state index < -0.39 is 5.60 Å². The molecule has 9 atom stereocenters. The molecule has 0 amide bonds.